The van der Waals surface area contributed by atoms with Crippen molar-refractivity contribution in [2.45, 2.75) is 45.2 Å². The Labute approximate surface area is 198 Å². The van der Waals surface area contributed by atoms with Crippen LogP contribution in [0.1, 0.15) is 37.1 Å². The van der Waals surface area contributed by atoms with E-state index in [0.29, 0.717) is 64.9 Å². The molecule has 6 rings (SSSR count). The smallest absolute Gasteiger partial charge is 0.394 e. The monoisotopic (exact) mass is 485 g/mol. The minimum absolute atomic E-state index is 0.0249. The maximum atomic E-state index is 15.2. The number of benzene rings is 2. The highest BCUT2D eigenvalue weighted by Crippen LogP contribution is 2.60. The number of fused-ring (bicyclic) bond motifs is 4. The average Bonchev–Trinajstić information content (AvgIpc) is 3.58. The van der Waals surface area contributed by atoms with Gasteiger partial charge in [0, 0.05) is 6.54 Å². The van der Waals surface area contributed by atoms with Crippen LogP contribution < -0.4 is 9.64 Å². The van der Waals surface area contributed by atoms with Crippen LogP contribution in [0.5, 0.6) is 5.75 Å². The van der Waals surface area contributed by atoms with Crippen LogP contribution in [0.3, 0.4) is 0 Å². The van der Waals surface area contributed by atoms with E-state index in [1.165, 1.54) is 6.07 Å². The van der Waals surface area contributed by atoms with Crippen molar-refractivity contribution < 1.29 is 22.3 Å². The van der Waals surface area contributed by atoms with Crippen LogP contribution in [0, 0.1) is 18.2 Å². The molecule has 10 heteroatoms. The predicted octanol–water partition coefficient (Wildman–Crippen LogP) is 5.92. The molecule has 4 aromatic rings. The second-order valence-corrected chi connectivity index (χ2v) is 9.35. The summed E-state index contributed by atoms with van der Waals surface area (Å²) in [5, 5.41) is 8.59. The Balaban J connectivity index is 1.47. The lowest BCUT2D eigenvalue weighted by molar-refractivity contribution is -0.188. The summed E-state index contributed by atoms with van der Waals surface area (Å²) in [4.78, 5) is 6.56. The molecule has 2 aliphatic rings. The molecular weight excluding hydrogens is 462 g/mol. The third kappa shape index (κ3) is 3.49. The van der Waals surface area contributed by atoms with Crippen molar-refractivity contribution in [3.8, 4) is 5.75 Å². The molecule has 1 aliphatic heterocycles. The molecule has 2 aromatic carbocycles. The molecule has 3 heterocycles. The van der Waals surface area contributed by atoms with E-state index in [9.17, 15) is 13.2 Å². The molecule has 0 bridgehead atoms. The van der Waals surface area contributed by atoms with Gasteiger partial charge in [0.1, 0.15) is 23.2 Å². The van der Waals surface area contributed by atoms with Crippen LogP contribution in [0.2, 0.25) is 0 Å². The number of ether oxygens (including phenoxy) is 1. The zero-order valence-electron chi connectivity index (χ0n) is 19.1. The molecule has 0 saturated heterocycles. The molecule has 0 unspecified atom stereocenters. The van der Waals surface area contributed by atoms with Crippen LogP contribution in [-0.4, -0.2) is 38.9 Å². The van der Waals surface area contributed by atoms with Gasteiger partial charge in [-0.25, -0.2) is 4.39 Å². The highest BCUT2D eigenvalue weighted by Gasteiger charge is 2.62. The van der Waals surface area contributed by atoms with Crippen molar-refractivity contribution in [1.82, 2.24) is 19.6 Å². The van der Waals surface area contributed by atoms with Gasteiger partial charge < -0.3 is 9.64 Å². The second-order valence-electron chi connectivity index (χ2n) is 9.35. The van der Waals surface area contributed by atoms with Gasteiger partial charge in [-0.05, 0) is 62.8 Å². The van der Waals surface area contributed by atoms with Gasteiger partial charge in [-0.2, -0.15) is 18.2 Å². The minimum Gasteiger partial charge on any atom is -0.491 e. The van der Waals surface area contributed by atoms with Crippen LogP contribution >= 0.6 is 0 Å². The summed E-state index contributed by atoms with van der Waals surface area (Å²) in [7, 11) is 0. The van der Waals surface area contributed by atoms with E-state index in [1.54, 1.807) is 29.5 Å². The van der Waals surface area contributed by atoms with Crippen molar-refractivity contribution in [3.05, 3.63) is 53.6 Å². The van der Waals surface area contributed by atoms with E-state index in [-0.39, 0.29) is 25.7 Å². The molecule has 1 fully saturated rings. The zero-order valence-corrected chi connectivity index (χ0v) is 19.1. The van der Waals surface area contributed by atoms with E-state index in [2.05, 4.69) is 15.2 Å². The van der Waals surface area contributed by atoms with Gasteiger partial charge in [-0.15, -0.1) is 10.2 Å². The summed E-state index contributed by atoms with van der Waals surface area (Å²) in [6, 6.07) is 10.3. The Hall–Kier alpha value is -3.43. The molecule has 35 heavy (non-hydrogen) atoms. The largest absolute Gasteiger partial charge is 0.491 e. The van der Waals surface area contributed by atoms with Crippen LogP contribution in [0.25, 0.3) is 16.7 Å². The van der Waals surface area contributed by atoms with E-state index in [0.717, 1.165) is 0 Å². The molecule has 2 aromatic heterocycles. The van der Waals surface area contributed by atoms with Gasteiger partial charge in [0.2, 0.25) is 0 Å². The van der Waals surface area contributed by atoms with Crippen molar-refractivity contribution in [3.63, 3.8) is 0 Å². The molecule has 1 aliphatic carbocycles. The number of hydrogen-bond acceptors (Lipinski definition) is 5. The summed E-state index contributed by atoms with van der Waals surface area (Å²) in [6.45, 7) is 2.68. The Morgan fingerprint density at radius 1 is 1.09 bits per heavy atom. The Kier molecular flexibility index (Phi) is 4.91. The second kappa shape index (κ2) is 7.79. The van der Waals surface area contributed by atoms with Crippen LogP contribution in [0.4, 0.5) is 29.1 Å². The maximum Gasteiger partial charge on any atom is 0.394 e. The lowest BCUT2D eigenvalue weighted by atomic mass is 9.95. The first kappa shape index (κ1) is 22.1. The van der Waals surface area contributed by atoms with Gasteiger partial charge >= 0.3 is 6.18 Å². The van der Waals surface area contributed by atoms with E-state index in [4.69, 9.17) is 4.74 Å². The summed E-state index contributed by atoms with van der Waals surface area (Å²) in [5.74, 6) is 1.43. The third-order valence-corrected chi connectivity index (χ3v) is 7.19. The van der Waals surface area contributed by atoms with E-state index in [1.807, 2.05) is 17.0 Å². The number of halogens is 4. The number of aryl methyl sites for hydroxylation is 2. The summed E-state index contributed by atoms with van der Waals surface area (Å²) < 4.78 is 63.5. The standard InChI is InChI=1S/C25H23F4N5O/c1-15-31-32-23-30-22(20-17(26)6-3-7-18(20)34(15)23)33-13-4-14-35-21-16(5-2-8-19(21)33)9-10-24(11-12-24)25(27,28)29/h2-3,5-8H,4,9-14H2,1H3. The normalized spacial score (nSPS) is 17.3. The first-order valence-electron chi connectivity index (χ1n) is 11.7. The highest BCUT2D eigenvalue weighted by molar-refractivity contribution is 5.94. The molecule has 0 radical (unpaired) electrons. The summed E-state index contributed by atoms with van der Waals surface area (Å²) in [6.07, 6.45) is -2.94. The number of aromatic nitrogens is 4. The van der Waals surface area contributed by atoms with Crippen molar-refractivity contribution in [1.29, 1.82) is 0 Å². The number of rotatable bonds is 4. The highest BCUT2D eigenvalue weighted by atomic mass is 19.4. The van der Waals surface area contributed by atoms with Crippen molar-refractivity contribution in [2.24, 2.45) is 5.41 Å². The van der Waals surface area contributed by atoms with E-state index < -0.39 is 17.4 Å². The molecule has 0 atom stereocenters. The van der Waals surface area contributed by atoms with Gasteiger partial charge in [0.25, 0.3) is 5.78 Å². The number of alkyl halides is 3. The van der Waals surface area contributed by atoms with Gasteiger partial charge in [-0.3, -0.25) is 4.40 Å². The van der Waals surface area contributed by atoms with Crippen molar-refractivity contribution >= 4 is 28.2 Å². The molecule has 0 N–H and O–H groups in total. The number of anilines is 2. The fourth-order valence-electron chi connectivity index (χ4n) is 5.06. The van der Waals surface area contributed by atoms with E-state index >= 15 is 4.39 Å². The zero-order chi connectivity index (χ0) is 24.4. The molecular formula is C25H23F4N5O. The topological polar surface area (TPSA) is 55.5 Å². The Bertz CT molecular complexity index is 1440. The first-order chi connectivity index (χ1) is 16.8. The number of para-hydroxylation sites is 1. The summed E-state index contributed by atoms with van der Waals surface area (Å²) >= 11 is 0. The molecule has 0 amide bonds. The first-order valence-corrected chi connectivity index (χ1v) is 11.7. The predicted molar refractivity (Wildman–Crippen MR) is 123 cm³/mol. The van der Waals surface area contributed by atoms with Gasteiger partial charge in [-0.1, -0.05) is 18.2 Å². The Morgan fingerprint density at radius 3 is 2.66 bits per heavy atom. The molecule has 182 valence electrons. The minimum atomic E-state index is -4.20. The fourth-order valence-corrected chi connectivity index (χ4v) is 5.06. The molecule has 0 spiro atoms. The van der Waals surface area contributed by atoms with Crippen LogP contribution in [-0.2, 0) is 6.42 Å². The number of nitrogens with zero attached hydrogens (tertiary/aromatic N) is 5. The lowest BCUT2D eigenvalue weighted by Crippen LogP contribution is -2.25. The maximum absolute atomic E-state index is 15.2. The quantitative estimate of drug-likeness (QED) is 0.336. The van der Waals surface area contributed by atoms with Gasteiger partial charge in [0.05, 0.1) is 28.6 Å². The lowest BCUT2D eigenvalue weighted by Gasteiger charge is -2.26. The fraction of sp³-hybridized carbons (Fsp3) is 0.400. The summed E-state index contributed by atoms with van der Waals surface area (Å²) in [5.41, 5.74) is 0.386. The number of hydrogen-bond donors (Lipinski definition) is 0. The third-order valence-electron chi connectivity index (χ3n) is 7.19. The van der Waals surface area contributed by atoms with Crippen molar-refractivity contribution in [2.75, 3.05) is 18.1 Å². The SMILES string of the molecule is Cc1nnc2nc(N3CCCOc4c(CCC5(C(F)(F)F)CC5)cccc43)c3c(F)cccc3n12. The van der Waals surface area contributed by atoms with Crippen LogP contribution in [0.15, 0.2) is 36.4 Å². The Morgan fingerprint density at radius 2 is 1.89 bits per heavy atom. The average molecular weight is 485 g/mol. The molecule has 6 nitrogen and oxygen atoms in total. The molecule has 1 saturated carbocycles. The van der Waals surface area contributed by atoms with Gasteiger partial charge in [0.15, 0.2) is 0 Å².